The van der Waals surface area contributed by atoms with Crippen molar-refractivity contribution >= 4 is 17.5 Å². The van der Waals surface area contributed by atoms with Crippen LogP contribution in [0.25, 0.3) is 0 Å². The minimum absolute atomic E-state index is 0.282. The molecule has 78 valence electrons. The first kappa shape index (κ1) is 9.98. The smallest absolute Gasteiger partial charge is 0.239 e. The first-order valence-electron chi connectivity index (χ1n) is 4.66. The molecule has 1 aromatic carbocycles. The van der Waals surface area contributed by atoms with Crippen LogP contribution >= 0.6 is 11.6 Å². The Morgan fingerprint density at radius 1 is 1.27 bits per heavy atom. The highest BCUT2D eigenvalue weighted by Crippen LogP contribution is 2.16. The van der Waals surface area contributed by atoms with Crippen molar-refractivity contribution in [2.75, 3.05) is 5.73 Å². The van der Waals surface area contributed by atoms with E-state index in [0.29, 0.717) is 0 Å². The lowest BCUT2D eigenvalue weighted by atomic mass is 10.1. The van der Waals surface area contributed by atoms with Gasteiger partial charge in [-0.3, -0.25) is 5.10 Å². The third-order valence-corrected chi connectivity index (χ3v) is 2.51. The summed E-state index contributed by atoms with van der Waals surface area (Å²) in [5.41, 5.74) is 6.50. The van der Waals surface area contributed by atoms with Gasteiger partial charge in [-0.15, -0.1) is 5.10 Å². The van der Waals surface area contributed by atoms with Gasteiger partial charge >= 0.3 is 0 Å². The summed E-state index contributed by atoms with van der Waals surface area (Å²) in [5.74, 6) is 1.07. The molecule has 0 amide bonds. The van der Waals surface area contributed by atoms with Gasteiger partial charge in [0.25, 0.3) is 0 Å². The summed E-state index contributed by atoms with van der Waals surface area (Å²) < 4.78 is 0. The molecular weight excluding hydrogens is 212 g/mol. The summed E-state index contributed by atoms with van der Waals surface area (Å²) in [6.07, 6.45) is 1.59. The molecule has 0 aliphatic rings. The summed E-state index contributed by atoms with van der Waals surface area (Å²) in [5, 5.41) is 7.31. The number of aryl methyl sites for hydroxylation is 2. The zero-order valence-electron chi connectivity index (χ0n) is 8.07. The van der Waals surface area contributed by atoms with E-state index in [0.717, 1.165) is 29.3 Å². The van der Waals surface area contributed by atoms with Crippen LogP contribution in [-0.2, 0) is 12.8 Å². The second kappa shape index (κ2) is 4.31. The molecule has 5 heteroatoms. The number of hydrogen-bond acceptors (Lipinski definition) is 3. The second-order valence-corrected chi connectivity index (χ2v) is 3.64. The lowest BCUT2D eigenvalue weighted by molar-refractivity contribution is 0.865. The molecule has 0 fully saturated rings. The molecule has 0 atom stereocenters. The lowest BCUT2D eigenvalue weighted by Gasteiger charge is -2.01. The van der Waals surface area contributed by atoms with Gasteiger partial charge in [0.2, 0.25) is 5.95 Å². The van der Waals surface area contributed by atoms with Crippen molar-refractivity contribution in [3.8, 4) is 0 Å². The van der Waals surface area contributed by atoms with Crippen LogP contribution in [0.2, 0.25) is 5.02 Å². The molecule has 15 heavy (non-hydrogen) atoms. The van der Waals surface area contributed by atoms with Crippen molar-refractivity contribution < 1.29 is 0 Å². The highest BCUT2D eigenvalue weighted by Gasteiger charge is 2.02. The maximum atomic E-state index is 6.02. The van der Waals surface area contributed by atoms with E-state index in [1.165, 1.54) is 0 Å². The van der Waals surface area contributed by atoms with Crippen molar-refractivity contribution in [2.45, 2.75) is 12.8 Å². The molecule has 0 spiro atoms. The Hall–Kier alpha value is -1.55. The van der Waals surface area contributed by atoms with E-state index in [4.69, 9.17) is 17.3 Å². The molecule has 0 aliphatic heterocycles. The van der Waals surface area contributed by atoms with Crippen molar-refractivity contribution in [3.63, 3.8) is 0 Å². The van der Waals surface area contributed by atoms with Gasteiger partial charge in [0.15, 0.2) is 0 Å². The number of anilines is 1. The van der Waals surface area contributed by atoms with E-state index in [9.17, 15) is 0 Å². The van der Waals surface area contributed by atoms with Crippen LogP contribution in [0.5, 0.6) is 0 Å². The number of aromatic nitrogens is 3. The topological polar surface area (TPSA) is 67.6 Å². The Balaban J connectivity index is 2.02. The summed E-state index contributed by atoms with van der Waals surface area (Å²) in [4.78, 5) is 4.02. The fourth-order valence-electron chi connectivity index (χ4n) is 1.38. The van der Waals surface area contributed by atoms with Crippen LogP contribution in [0.3, 0.4) is 0 Å². The van der Waals surface area contributed by atoms with Gasteiger partial charge in [-0.2, -0.15) is 4.98 Å². The molecule has 1 aromatic heterocycles. The normalized spacial score (nSPS) is 10.5. The Morgan fingerprint density at radius 3 is 2.73 bits per heavy atom. The van der Waals surface area contributed by atoms with Crippen molar-refractivity contribution in [2.24, 2.45) is 0 Å². The van der Waals surface area contributed by atoms with E-state index in [2.05, 4.69) is 15.2 Å². The fourth-order valence-corrected chi connectivity index (χ4v) is 1.61. The lowest BCUT2D eigenvalue weighted by Crippen LogP contribution is -1.94. The average Bonchev–Trinajstić information content (AvgIpc) is 2.63. The Kier molecular flexibility index (Phi) is 2.87. The molecule has 0 unspecified atom stereocenters. The van der Waals surface area contributed by atoms with Crippen LogP contribution in [0.1, 0.15) is 11.4 Å². The Labute approximate surface area is 92.5 Å². The van der Waals surface area contributed by atoms with E-state index < -0.39 is 0 Å². The first-order valence-corrected chi connectivity index (χ1v) is 5.03. The molecule has 2 aromatic rings. The molecule has 1 heterocycles. The predicted octanol–water partition coefficient (Wildman–Crippen LogP) is 1.83. The van der Waals surface area contributed by atoms with Gasteiger partial charge < -0.3 is 5.73 Å². The van der Waals surface area contributed by atoms with Crippen LogP contribution in [0.4, 0.5) is 5.95 Å². The number of halogens is 1. The first-order chi connectivity index (χ1) is 7.25. The Bertz CT molecular complexity index is 452. The highest BCUT2D eigenvalue weighted by atomic mass is 35.5. The van der Waals surface area contributed by atoms with Crippen LogP contribution in [0, 0.1) is 0 Å². The van der Waals surface area contributed by atoms with E-state index in [1.807, 2.05) is 24.3 Å². The van der Waals surface area contributed by atoms with Crippen molar-refractivity contribution in [1.82, 2.24) is 15.2 Å². The second-order valence-electron chi connectivity index (χ2n) is 3.23. The molecule has 0 aliphatic carbocycles. The number of rotatable bonds is 3. The molecular formula is C10H11ClN4. The molecule has 0 saturated heterocycles. The molecule has 0 bridgehead atoms. The largest absolute Gasteiger partial charge is 0.367 e. The average molecular weight is 223 g/mol. The number of benzene rings is 1. The summed E-state index contributed by atoms with van der Waals surface area (Å²) in [7, 11) is 0. The van der Waals surface area contributed by atoms with Gasteiger partial charge in [0.1, 0.15) is 5.82 Å². The van der Waals surface area contributed by atoms with Crippen molar-refractivity contribution in [1.29, 1.82) is 0 Å². The third-order valence-electron chi connectivity index (χ3n) is 2.14. The Morgan fingerprint density at radius 2 is 2.07 bits per heavy atom. The zero-order valence-corrected chi connectivity index (χ0v) is 8.83. The summed E-state index contributed by atoms with van der Waals surface area (Å²) >= 11 is 6.02. The zero-order chi connectivity index (χ0) is 10.7. The SMILES string of the molecule is Nc1n[nH]c(CCc2ccccc2Cl)n1. The number of hydrogen-bond donors (Lipinski definition) is 2. The van der Waals surface area contributed by atoms with Gasteiger partial charge in [-0.1, -0.05) is 29.8 Å². The number of nitrogens with zero attached hydrogens (tertiary/aromatic N) is 2. The van der Waals surface area contributed by atoms with E-state index >= 15 is 0 Å². The quantitative estimate of drug-likeness (QED) is 0.833. The van der Waals surface area contributed by atoms with Gasteiger partial charge in [0.05, 0.1) is 0 Å². The molecule has 0 saturated carbocycles. The highest BCUT2D eigenvalue weighted by molar-refractivity contribution is 6.31. The minimum Gasteiger partial charge on any atom is -0.367 e. The standard InChI is InChI=1S/C10H11ClN4/c11-8-4-2-1-3-7(8)5-6-9-13-10(12)15-14-9/h1-4H,5-6H2,(H3,12,13,14,15). The van der Waals surface area contributed by atoms with Gasteiger partial charge in [-0.25, -0.2) is 0 Å². The van der Waals surface area contributed by atoms with Crippen LogP contribution in [-0.4, -0.2) is 15.2 Å². The van der Waals surface area contributed by atoms with E-state index in [1.54, 1.807) is 0 Å². The molecule has 0 radical (unpaired) electrons. The third kappa shape index (κ3) is 2.47. The van der Waals surface area contributed by atoms with Gasteiger partial charge in [-0.05, 0) is 18.1 Å². The minimum atomic E-state index is 0.282. The number of nitrogens with two attached hydrogens (primary N) is 1. The summed E-state index contributed by atoms with van der Waals surface area (Å²) in [6, 6.07) is 7.77. The van der Waals surface area contributed by atoms with Gasteiger partial charge in [0, 0.05) is 11.4 Å². The fraction of sp³-hybridized carbons (Fsp3) is 0.200. The molecule has 3 N–H and O–H groups in total. The van der Waals surface area contributed by atoms with Crippen LogP contribution < -0.4 is 5.73 Å². The predicted molar refractivity (Wildman–Crippen MR) is 59.7 cm³/mol. The van der Waals surface area contributed by atoms with Crippen LogP contribution in [0.15, 0.2) is 24.3 Å². The number of nitrogen functional groups attached to an aromatic ring is 1. The number of H-pyrrole nitrogens is 1. The molecule has 4 nitrogen and oxygen atoms in total. The maximum absolute atomic E-state index is 6.02. The molecule has 2 rings (SSSR count). The summed E-state index contributed by atoms with van der Waals surface area (Å²) in [6.45, 7) is 0. The number of nitrogens with one attached hydrogen (secondary N) is 1. The monoisotopic (exact) mass is 222 g/mol. The van der Waals surface area contributed by atoms with Crippen molar-refractivity contribution in [3.05, 3.63) is 40.7 Å². The number of aromatic amines is 1. The van der Waals surface area contributed by atoms with E-state index in [-0.39, 0.29) is 5.95 Å². The maximum Gasteiger partial charge on any atom is 0.239 e.